The minimum Gasteiger partial charge on any atom is -0.494 e. The van der Waals surface area contributed by atoms with Crippen LogP contribution in [0, 0.1) is 11.7 Å². The van der Waals surface area contributed by atoms with Gasteiger partial charge >= 0.3 is 18.1 Å². The standard InChI is InChI=1S/C35H34F4N4O7S/c1-4-49-22-10-12-27(36)26(18-22)29(42-21-9-11-23-20(17-21)13-15-41-31(23)40)32(44)43-16-14-25(33(45)50-34(46)35(37,38)39)30(43)24-7-5-6-8-28(24)51(47,48)19(2)3/h5-13,15,17-19,25,29-30,42H,4,14,16H2,1-3H3,(H2,40,41)/t25?,29-,30?/m1/s1. The van der Waals surface area contributed by atoms with Crippen molar-refractivity contribution in [3.05, 3.63) is 89.9 Å². The summed E-state index contributed by atoms with van der Waals surface area (Å²) in [7, 11) is -4.10. The molecular weight excluding hydrogens is 696 g/mol. The molecule has 1 aliphatic heterocycles. The highest BCUT2D eigenvalue weighted by Gasteiger charge is 2.50. The molecule has 4 aromatic rings. The van der Waals surface area contributed by atoms with Crippen LogP contribution in [0.25, 0.3) is 10.8 Å². The van der Waals surface area contributed by atoms with Crippen molar-refractivity contribution in [2.75, 3.05) is 24.2 Å². The van der Waals surface area contributed by atoms with E-state index in [1.165, 1.54) is 56.4 Å². The van der Waals surface area contributed by atoms with E-state index < -0.39 is 62.9 Å². The molecule has 5 rings (SSSR count). The second-order valence-corrected chi connectivity index (χ2v) is 14.5. The topological polar surface area (TPSA) is 158 Å². The number of hydrogen-bond donors (Lipinski definition) is 2. The number of nitrogens with one attached hydrogen (secondary N) is 1. The lowest BCUT2D eigenvalue weighted by atomic mass is 9.93. The van der Waals surface area contributed by atoms with Crippen molar-refractivity contribution in [2.45, 2.75) is 55.6 Å². The van der Waals surface area contributed by atoms with Crippen molar-refractivity contribution in [1.29, 1.82) is 0 Å². The van der Waals surface area contributed by atoms with E-state index in [1.54, 1.807) is 31.2 Å². The number of likely N-dealkylation sites (tertiary alicyclic amines) is 1. The number of hydrogen-bond acceptors (Lipinski definition) is 10. The van der Waals surface area contributed by atoms with Gasteiger partial charge in [-0.1, -0.05) is 18.2 Å². The summed E-state index contributed by atoms with van der Waals surface area (Å²) in [5, 5.41) is 3.31. The molecule has 1 saturated heterocycles. The van der Waals surface area contributed by atoms with Gasteiger partial charge in [-0.05, 0) is 86.7 Å². The highest BCUT2D eigenvalue weighted by molar-refractivity contribution is 7.92. The summed E-state index contributed by atoms with van der Waals surface area (Å²) in [6.07, 6.45) is -4.33. The summed E-state index contributed by atoms with van der Waals surface area (Å²) in [6, 6.07) is 12.7. The van der Waals surface area contributed by atoms with Crippen molar-refractivity contribution in [1.82, 2.24) is 9.88 Å². The fraction of sp³-hybridized carbons (Fsp3) is 0.314. The predicted molar refractivity (Wildman–Crippen MR) is 179 cm³/mol. The van der Waals surface area contributed by atoms with Crippen molar-refractivity contribution in [3.63, 3.8) is 0 Å². The first kappa shape index (κ1) is 37.0. The number of sulfone groups is 1. The number of esters is 2. The third kappa shape index (κ3) is 7.60. The van der Waals surface area contributed by atoms with E-state index in [1.807, 2.05) is 0 Å². The fourth-order valence-corrected chi connectivity index (χ4v) is 7.32. The van der Waals surface area contributed by atoms with Gasteiger partial charge in [0.05, 0.1) is 28.7 Å². The van der Waals surface area contributed by atoms with Crippen LogP contribution in [0.2, 0.25) is 0 Å². The molecule has 3 atom stereocenters. The fourth-order valence-electron chi connectivity index (χ4n) is 6.03. The molecule has 0 bridgehead atoms. The van der Waals surface area contributed by atoms with Gasteiger partial charge in [-0.2, -0.15) is 13.2 Å². The SMILES string of the molecule is CCOc1ccc(F)c([C@@H](Nc2ccc3c(N)nccc3c2)C(=O)N2CCC(C(=O)OC(=O)C(F)(F)F)C2c2ccccc2S(=O)(=O)C(C)C)c1. The third-order valence-corrected chi connectivity index (χ3v) is 10.7. The lowest BCUT2D eigenvalue weighted by molar-refractivity contribution is -0.203. The molecule has 3 aromatic carbocycles. The van der Waals surface area contributed by atoms with Crippen molar-refractivity contribution in [2.24, 2.45) is 5.92 Å². The van der Waals surface area contributed by atoms with E-state index in [2.05, 4.69) is 15.0 Å². The highest BCUT2D eigenvalue weighted by atomic mass is 32.2. The maximum Gasteiger partial charge on any atom is 0.491 e. The van der Waals surface area contributed by atoms with E-state index in [0.717, 1.165) is 11.0 Å². The zero-order valence-corrected chi connectivity index (χ0v) is 28.4. The van der Waals surface area contributed by atoms with Gasteiger partial charge in [0, 0.05) is 29.4 Å². The molecule has 3 N–H and O–H groups in total. The average molecular weight is 731 g/mol. The molecule has 1 amide bonds. The van der Waals surface area contributed by atoms with Gasteiger partial charge in [0.25, 0.3) is 0 Å². The van der Waals surface area contributed by atoms with Gasteiger partial charge in [-0.15, -0.1) is 0 Å². The van der Waals surface area contributed by atoms with E-state index in [4.69, 9.17) is 10.5 Å². The first-order chi connectivity index (χ1) is 24.0. The van der Waals surface area contributed by atoms with Crippen LogP contribution in [-0.2, 0) is 29.0 Å². The van der Waals surface area contributed by atoms with Crippen molar-refractivity contribution in [3.8, 4) is 5.75 Å². The Hall–Kier alpha value is -5.25. The number of nitrogens with two attached hydrogens (primary N) is 1. The Kier molecular flexibility index (Phi) is 10.6. The number of pyridine rings is 1. The molecule has 11 nitrogen and oxygen atoms in total. The molecule has 16 heteroatoms. The minimum absolute atomic E-state index is 0.0885. The highest BCUT2D eigenvalue weighted by Crippen LogP contribution is 2.44. The summed E-state index contributed by atoms with van der Waals surface area (Å²) in [5.74, 6) is -7.19. The number of rotatable bonds is 10. The Morgan fingerprint density at radius 3 is 2.47 bits per heavy atom. The van der Waals surface area contributed by atoms with E-state index in [-0.39, 0.29) is 47.2 Å². The summed E-state index contributed by atoms with van der Waals surface area (Å²) < 4.78 is 92.0. The Morgan fingerprint density at radius 1 is 1.06 bits per heavy atom. The number of aromatic nitrogens is 1. The minimum atomic E-state index is -5.50. The number of alkyl halides is 3. The zero-order chi connectivity index (χ0) is 37.2. The van der Waals surface area contributed by atoms with Crippen LogP contribution in [0.4, 0.5) is 29.1 Å². The average Bonchev–Trinajstić information content (AvgIpc) is 3.53. The lowest BCUT2D eigenvalue weighted by Gasteiger charge is -2.33. The van der Waals surface area contributed by atoms with Crippen LogP contribution in [0.3, 0.4) is 0 Å². The maximum absolute atomic E-state index is 15.7. The molecule has 2 unspecified atom stereocenters. The maximum atomic E-state index is 15.7. The van der Waals surface area contributed by atoms with Crippen LogP contribution in [0.15, 0.2) is 77.8 Å². The van der Waals surface area contributed by atoms with Crippen LogP contribution < -0.4 is 15.8 Å². The number of ether oxygens (including phenoxy) is 2. The summed E-state index contributed by atoms with van der Waals surface area (Å²) >= 11 is 0. The number of anilines is 2. The zero-order valence-electron chi connectivity index (χ0n) is 27.6. The largest absolute Gasteiger partial charge is 0.494 e. The Bertz CT molecular complexity index is 2090. The summed E-state index contributed by atoms with van der Waals surface area (Å²) in [6.45, 7) is 4.45. The molecular formula is C35H34F4N4O7S. The molecule has 0 radical (unpaired) electrons. The van der Waals surface area contributed by atoms with Crippen LogP contribution in [-0.4, -0.2) is 60.7 Å². The second kappa shape index (κ2) is 14.5. The van der Waals surface area contributed by atoms with Crippen molar-refractivity contribution < 1.29 is 49.8 Å². The van der Waals surface area contributed by atoms with Gasteiger partial charge in [-0.3, -0.25) is 9.59 Å². The molecule has 0 spiro atoms. The van der Waals surface area contributed by atoms with E-state index in [0.29, 0.717) is 16.5 Å². The Morgan fingerprint density at radius 2 is 1.78 bits per heavy atom. The number of nitrogens with zero attached hydrogens (tertiary/aromatic N) is 2. The molecule has 0 saturated carbocycles. The van der Waals surface area contributed by atoms with Gasteiger partial charge in [-0.25, -0.2) is 22.6 Å². The predicted octanol–water partition coefficient (Wildman–Crippen LogP) is 5.91. The normalized spacial score (nSPS) is 17.0. The number of benzene rings is 3. The molecule has 1 fully saturated rings. The van der Waals surface area contributed by atoms with E-state index >= 15 is 4.39 Å². The van der Waals surface area contributed by atoms with Gasteiger partial charge in [0.2, 0.25) is 5.91 Å². The Labute approximate surface area is 290 Å². The van der Waals surface area contributed by atoms with Gasteiger partial charge < -0.3 is 25.4 Å². The number of carbonyl (C=O) groups excluding carboxylic acids is 3. The summed E-state index contributed by atoms with van der Waals surface area (Å²) in [5.41, 5.74) is 6.06. The molecule has 0 aliphatic carbocycles. The molecule has 270 valence electrons. The van der Waals surface area contributed by atoms with Crippen molar-refractivity contribution >= 4 is 50.0 Å². The third-order valence-electron chi connectivity index (χ3n) is 8.52. The smallest absolute Gasteiger partial charge is 0.491 e. The first-order valence-corrected chi connectivity index (χ1v) is 17.4. The van der Waals surface area contributed by atoms with Crippen LogP contribution in [0.5, 0.6) is 5.75 Å². The number of amides is 1. The van der Waals surface area contributed by atoms with Gasteiger partial charge in [0.1, 0.15) is 23.4 Å². The summed E-state index contributed by atoms with van der Waals surface area (Å²) in [4.78, 5) is 44.6. The second-order valence-electron chi connectivity index (χ2n) is 12.0. The number of carbonyl (C=O) groups is 3. The number of fused-ring (bicyclic) bond motifs is 1. The molecule has 51 heavy (non-hydrogen) atoms. The Balaban J connectivity index is 1.66. The quantitative estimate of drug-likeness (QED) is 0.114. The lowest BCUT2D eigenvalue weighted by Crippen LogP contribution is -2.41. The van der Waals surface area contributed by atoms with Gasteiger partial charge in [0.15, 0.2) is 9.84 Å². The van der Waals surface area contributed by atoms with Crippen LogP contribution in [0.1, 0.15) is 50.4 Å². The van der Waals surface area contributed by atoms with E-state index in [9.17, 15) is 36.0 Å². The van der Waals surface area contributed by atoms with Crippen LogP contribution >= 0.6 is 0 Å². The first-order valence-electron chi connectivity index (χ1n) is 15.8. The number of halogens is 4. The molecule has 1 aliphatic rings. The number of nitrogen functional groups attached to an aromatic ring is 1. The molecule has 1 aromatic heterocycles. The molecule has 2 heterocycles. The monoisotopic (exact) mass is 730 g/mol.